The molecule has 0 unspecified atom stereocenters. The summed E-state index contributed by atoms with van der Waals surface area (Å²) in [6, 6.07) is 11.6. The van der Waals surface area contributed by atoms with Crippen molar-refractivity contribution in [2.45, 2.75) is 25.3 Å². The van der Waals surface area contributed by atoms with Gasteiger partial charge in [0.25, 0.3) is 5.91 Å². The Morgan fingerprint density at radius 1 is 1.17 bits per heavy atom. The number of ether oxygens (including phenoxy) is 1. The molecular formula is C19H21N3O2. The van der Waals surface area contributed by atoms with Crippen LogP contribution in [0.4, 0.5) is 5.82 Å². The first-order chi connectivity index (χ1) is 11.8. The molecule has 1 N–H and O–H groups in total. The molecule has 0 aliphatic carbocycles. The summed E-state index contributed by atoms with van der Waals surface area (Å²) in [5, 5.41) is 3.17. The van der Waals surface area contributed by atoms with Gasteiger partial charge in [0.1, 0.15) is 11.6 Å². The van der Waals surface area contributed by atoms with Crippen molar-refractivity contribution in [3.8, 4) is 5.75 Å². The Labute approximate surface area is 141 Å². The third-order valence-corrected chi connectivity index (χ3v) is 4.70. The van der Waals surface area contributed by atoms with Gasteiger partial charge in [0.05, 0.1) is 18.2 Å². The molecule has 4 rings (SSSR count). The Morgan fingerprint density at radius 2 is 2.00 bits per heavy atom. The van der Waals surface area contributed by atoms with E-state index in [1.54, 1.807) is 6.20 Å². The van der Waals surface area contributed by atoms with Crippen molar-refractivity contribution in [1.29, 1.82) is 0 Å². The van der Waals surface area contributed by atoms with Crippen LogP contribution in [0.15, 0.2) is 42.6 Å². The molecule has 1 atom stereocenters. The highest BCUT2D eigenvalue weighted by Crippen LogP contribution is 2.32. The fourth-order valence-corrected chi connectivity index (χ4v) is 3.48. The van der Waals surface area contributed by atoms with E-state index in [-0.39, 0.29) is 11.9 Å². The van der Waals surface area contributed by atoms with Gasteiger partial charge in [0.15, 0.2) is 0 Å². The zero-order valence-electron chi connectivity index (χ0n) is 13.6. The maximum absolute atomic E-state index is 12.9. The Bertz CT molecular complexity index is 741. The zero-order chi connectivity index (χ0) is 16.4. The third kappa shape index (κ3) is 2.82. The molecule has 0 spiro atoms. The molecule has 124 valence electrons. The van der Waals surface area contributed by atoms with Crippen molar-refractivity contribution >= 4 is 11.7 Å². The molecule has 2 aliphatic rings. The summed E-state index contributed by atoms with van der Waals surface area (Å²) in [5.41, 5.74) is 1.70. The number of hydrogen-bond donors (Lipinski definition) is 1. The number of hydrogen-bond acceptors (Lipinski definition) is 4. The van der Waals surface area contributed by atoms with Crippen LogP contribution in [-0.4, -0.2) is 30.6 Å². The molecule has 0 bridgehead atoms. The number of anilines is 1. The molecule has 5 heteroatoms. The summed E-state index contributed by atoms with van der Waals surface area (Å²) in [4.78, 5) is 19.5. The van der Waals surface area contributed by atoms with E-state index in [0.717, 1.165) is 49.5 Å². The van der Waals surface area contributed by atoms with Crippen molar-refractivity contribution in [3.63, 3.8) is 0 Å². The summed E-state index contributed by atoms with van der Waals surface area (Å²) < 4.78 is 5.67. The average Bonchev–Trinajstić information content (AvgIpc) is 3.16. The number of amides is 1. The summed E-state index contributed by atoms with van der Waals surface area (Å²) >= 11 is 0. The van der Waals surface area contributed by atoms with Gasteiger partial charge in [-0.15, -0.1) is 0 Å². The molecule has 3 heterocycles. The summed E-state index contributed by atoms with van der Waals surface area (Å²) in [6.07, 6.45) is 4.85. The normalized spacial score (nSPS) is 19.5. The smallest absolute Gasteiger partial charge is 0.255 e. The van der Waals surface area contributed by atoms with Crippen molar-refractivity contribution in [2.75, 3.05) is 24.6 Å². The highest BCUT2D eigenvalue weighted by atomic mass is 16.5. The Morgan fingerprint density at radius 3 is 2.88 bits per heavy atom. The molecule has 0 saturated carbocycles. The van der Waals surface area contributed by atoms with Gasteiger partial charge in [-0.1, -0.05) is 18.2 Å². The summed E-state index contributed by atoms with van der Waals surface area (Å²) in [6.45, 7) is 2.56. The van der Waals surface area contributed by atoms with E-state index in [1.807, 2.05) is 36.4 Å². The number of pyridine rings is 1. The Hall–Kier alpha value is -2.56. The SMILES string of the molecule is O=C(N[C@@H]1CCOc2ccccc21)c1cccnc1N1CCCC1. The lowest BCUT2D eigenvalue weighted by molar-refractivity contribution is 0.0925. The number of carbonyl (C=O) groups excluding carboxylic acids is 1. The molecule has 2 aliphatic heterocycles. The second-order valence-corrected chi connectivity index (χ2v) is 6.27. The maximum Gasteiger partial charge on any atom is 0.255 e. The molecule has 1 aromatic heterocycles. The third-order valence-electron chi connectivity index (χ3n) is 4.70. The van der Waals surface area contributed by atoms with Gasteiger partial charge < -0.3 is 15.0 Å². The molecule has 1 saturated heterocycles. The Balaban J connectivity index is 1.58. The van der Waals surface area contributed by atoms with E-state index in [9.17, 15) is 4.79 Å². The quantitative estimate of drug-likeness (QED) is 0.943. The van der Waals surface area contributed by atoms with Crippen LogP contribution in [-0.2, 0) is 0 Å². The van der Waals surface area contributed by atoms with E-state index in [1.165, 1.54) is 0 Å². The van der Waals surface area contributed by atoms with Crippen LogP contribution < -0.4 is 15.0 Å². The number of fused-ring (bicyclic) bond motifs is 1. The molecule has 1 amide bonds. The molecule has 1 aromatic carbocycles. The van der Waals surface area contributed by atoms with Gasteiger partial charge in [-0.2, -0.15) is 0 Å². The second kappa shape index (κ2) is 6.51. The zero-order valence-corrected chi connectivity index (χ0v) is 13.6. The van der Waals surface area contributed by atoms with Crippen LogP contribution >= 0.6 is 0 Å². The van der Waals surface area contributed by atoms with Crippen LogP contribution in [0.25, 0.3) is 0 Å². The van der Waals surface area contributed by atoms with E-state index in [0.29, 0.717) is 12.2 Å². The van der Waals surface area contributed by atoms with Gasteiger partial charge in [-0.3, -0.25) is 4.79 Å². The fourth-order valence-electron chi connectivity index (χ4n) is 3.48. The van der Waals surface area contributed by atoms with Crippen LogP contribution in [0, 0.1) is 0 Å². The first-order valence-corrected chi connectivity index (χ1v) is 8.55. The second-order valence-electron chi connectivity index (χ2n) is 6.27. The lowest BCUT2D eigenvalue weighted by Crippen LogP contribution is -2.33. The van der Waals surface area contributed by atoms with Crippen LogP contribution in [0.5, 0.6) is 5.75 Å². The lowest BCUT2D eigenvalue weighted by Gasteiger charge is -2.27. The van der Waals surface area contributed by atoms with Gasteiger partial charge >= 0.3 is 0 Å². The standard InChI is InChI=1S/C19H21N3O2/c23-19(15-7-5-10-20-18(15)22-11-3-4-12-22)21-16-9-13-24-17-8-2-1-6-14(16)17/h1-2,5-8,10,16H,3-4,9,11-13H2,(H,21,23)/t16-/m1/s1. The molecule has 0 radical (unpaired) electrons. The van der Waals surface area contributed by atoms with E-state index >= 15 is 0 Å². The predicted octanol–water partition coefficient (Wildman–Crippen LogP) is 2.94. The number of para-hydroxylation sites is 1. The summed E-state index contributed by atoms with van der Waals surface area (Å²) in [7, 11) is 0. The minimum Gasteiger partial charge on any atom is -0.493 e. The fraction of sp³-hybridized carbons (Fsp3) is 0.368. The highest BCUT2D eigenvalue weighted by Gasteiger charge is 2.26. The van der Waals surface area contributed by atoms with Gasteiger partial charge in [0.2, 0.25) is 0 Å². The van der Waals surface area contributed by atoms with Gasteiger partial charge in [-0.05, 0) is 31.0 Å². The number of rotatable bonds is 3. The Kier molecular flexibility index (Phi) is 4.07. The molecule has 24 heavy (non-hydrogen) atoms. The van der Waals surface area contributed by atoms with Crippen molar-refractivity contribution < 1.29 is 9.53 Å². The van der Waals surface area contributed by atoms with E-state index in [4.69, 9.17) is 4.74 Å². The van der Waals surface area contributed by atoms with Crippen molar-refractivity contribution in [3.05, 3.63) is 53.7 Å². The first-order valence-electron chi connectivity index (χ1n) is 8.55. The van der Waals surface area contributed by atoms with Gasteiger partial charge in [-0.25, -0.2) is 4.98 Å². The number of benzene rings is 1. The minimum absolute atomic E-state index is 0.0194. The minimum atomic E-state index is -0.0632. The van der Waals surface area contributed by atoms with Crippen molar-refractivity contribution in [2.24, 2.45) is 0 Å². The number of aromatic nitrogens is 1. The molecule has 1 fully saturated rings. The van der Waals surface area contributed by atoms with Crippen LogP contribution in [0.3, 0.4) is 0 Å². The predicted molar refractivity (Wildman–Crippen MR) is 92.4 cm³/mol. The van der Waals surface area contributed by atoms with E-state index in [2.05, 4.69) is 15.2 Å². The molecular weight excluding hydrogens is 302 g/mol. The first kappa shape index (κ1) is 15.0. The lowest BCUT2D eigenvalue weighted by atomic mass is 10.00. The monoisotopic (exact) mass is 323 g/mol. The average molecular weight is 323 g/mol. The number of nitrogens with zero attached hydrogens (tertiary/aromatic N) is 2. The largest absolute Gasteiger partial charge is 0.493 e. The maximum atomic E-state index is 12.9. The number of nitrogens with one attached hydrogen (secondary N) is 1. The summed E-state index contributed by atoms with van der Waals surface area (Å²) in [5.74, 6) is 1.60. The molecule has 5 nitrogen and oxygen atoms in total. The highest BCUT2D eigenvalue weighted by molar-refractivity contribution is 5.99. The van der Waals surface area contributed by atoms with Gasteiger partial charge in [0, 0.05) is 31.3 Å². The molecule has 2 aromatic rings. The van der Waals surface area contributed by atoms with E-state index < -0.39 is 0 Å². The number of carbonyl (C=O) groups is 1. The van der Waals surface area contributed by atoms with Crippen molar-refractivity contribution in [1.82, 2.24) is 10.3 Å². The topological polar surface area (TPSA) is 54.5 Å². The van der Waals surface area contributed by atoms with Crippen LogP contribution in [0.2, 0.25) is 0 Å². The van der Waals surface area contributed by atoms with Crippen LogP contribution in [0.1, 0.15) is 41.2 Å².